The zero-order valence-electron chi connectivity index (χ0n) is 11.4. The lowest BCUT2D eigenvalue weighted by molar-refractivity contribution is -0.115. The van der Waals surface area contributed by atoms with Gasteiger partial charge in [-0.3, -0.25) is 4.79 Å². The molecule has 0 heterocycles. The van der Waals surface area contributed by atoms with Crippen molar-refractivity contribution in [3.63, 3.8) is 0 Å². The van der Waals surface area contributed by atoms with Gasteiger partial charge in [-0.2, -0.15) is 0 Å². The summed E-state index contributed by atoms with van der Waals surface area (Å²) in [7, 11) is 0. The molecule has 0 aliphatic carbocycles. The smallest absolute Gasteiger partial charge is 0.238 e. The minimum atomic E-state index is -0.0617. The highest BCUT2D eigenvalue weighted by molar-refractivity contribution is 6.30. The van der Waals surface area contributed by atoms with Crippen molar-refractivity contribution in [1.82, 2.24) is 5.32 Å². The summed E-state index contributed by atoms with van der Waals surface area (Å²) in [5, 5.41) is 6.63. The molecule has 1 aromatic rings. The number of carbonyl (C=O) groups excluding carboxylic acids is 1. The van der Waals surface area contributed by atoms with Crippen molar-refractivity contribution in [2.24, 2.45) is 5.41 Å². The number of benzene rings is 1. The largest absolute Gasteiger partial charge is 0.325 e. The first-order valence-electron chi connectivity index (χ1n) is 6.08. The number of nitrogens with one attached hydrogen (secondary N) is 2. The third-order valence-electron chi connectivity index (χ3n) is 2.98. The van der Waals surface area contributed by atoms with Gasteiger partial charge in [0.25, 0.3) is 0 Å². The van der Waals surface area contributed by atoms with Crippen LogP contribution in [0.5, 0.6) is 0 Å². The fraction of sp³-hybridized carbons (Fsp3) is 0.500. The van der Waals surface area contributed by atoms with Gasteiger partial charge in [0.15, 0.2) is 0 Å². The number of amides is 1. The van der Waals surface area contributed by atoms with Crippen LogP contribution in [0.25, 0.3) is 0 Å². The van der Waals surface area contributed by atoms with Gasteiger partial charge in [-0.05, 0) is 30.5 Å². The standard InChI is InChI=1S/C14H21ClN2O/c1-10(14(2,3)4)16-9-13(18)17-12-7-5-6-11(15)8-12/h5-8,10,16H,9H2,1-4H3,(H,17,18). The predicted molar refractivity (Wildman–Crippen MR) is 77.0 cm³/mol. The normalized spacial score (nSPS) is 13.2. The lowest BCUT2D eigenvalue weighted by Gasteiger charge is -2.27. The van der Waals surface area contributed by atoms with Gasteiger partial charge in [0, 0.05) is 16.8 Å². The van der Waals surface area contributed by atoms with Crippen molar-refractivity contribution in [2.45, 2.75) is 33.7 Å². The van der Waals surface area contributed by atoms with Gasteiger partial charge in [-0.1, -0.05) is 38.4 Å². The van der Waals surface area contributed by atoms with E-state index in [1.165, 1.54) is 0 Å². The number of hydrogen-bond donors (Lipinski definition) is 2. The summed E-state index contributed by atoms with van der Waals surface area (Å²) in [6, 6.07) is 7.40. The summed E-state index contributed by atoms with van der Waals surface area (Å²) in [5.74, 6) is -0.0617. The fourth-order valence-electron chi connectivity index (χ4n) is 1.32. The zero-order chi connectivity index (χ0) is 13.8. The van der Waals surface area contributed by atoms with Crippen LogP contribution in [0.1, 0.15) is 27.7 Å². The molecule has 0 saturated heterocycles. The molecule has 1 aromatic carbocycles. The van der Waals surface area contributed by atoms with E-state index in [1.807, 2.05) is 12.1 Å². The molecule has 1 atom stereocenters. The van der Waals surface area contributed by atoms with E-state index >= 15 is 0 Å². The number of rotatable bonds is 4. The van der Waals surface area contributed by atoms with Crippen LogP contribution >= 0.6 is 11.6 Å². The first-order valence-corrected chi connectivity index (χ1v) is 6.45. The Morgan fingerprint density at radius 1 is 1.39 bits per heavy atom. The van der Waals surface area contributed by atoms with E-state index < -0.39 is 0 Å². The van der Waals surface area contributed by atoms with Crippen molar-refractivity contribution >= 4 is 23.2 Å². The molecular formula is C14H21ClN2O. The summed E-state index contributed by atoms with van der Waals surface area (Å²) >= 11 is 5.85. The molecule has 1 amide bonds. The molecule has 0 fully saturated rings. The topological polar surface area (TPSA) is 41.1 Å². The fourth-order valence-corrected chi connectivity index (χ4v) is 1.51. The molecule has 2 N–H and O–H groups in total. The number of anilines is 1. The van der Waals surface area contributed by atoms with Crippen molar-refractivity contribution < 1.29 is 4.79 Å². The average molecular weight is 269 g/mol. The van der Waals surface area contributed by atoms with Crippen LogP contribution in [0.4, 0.5) is 5.69 Å². The van der Waals surface area contributed by atoms with Crippen LogP contribution in [-0.4, -0.2) is 18.5 Å². The van der Waals surface area contributed by atoms with E-state index in [1.54, 1.807) is 12.1 Å². The van der Waals surface area contributed by atoms with Crippen LogP contribution in [-0.2, 0) is 4.79 Å². The zero-order valence-corrected chi connectivity index (χ0v) is 12.1. The van der Waals surface area contributed by atoms with Gasteiger partial charge >= 0.3 is 0 Å². The van der Waals surface area contributed by atoms with Gasteiger partial charge in [0.2, 0.25) is 5.91 Å². The third-order valence-corrected chi connectivity index (χ3v) is 3.21. The van der Waals surface area contributed by atoms with Crippen molar-refractivity contribution in [3.8, 4) is 0 Å². The van der Waals surface area contributed by atoms with Crippen LogP contribution < -0.4 is 10.6 Å². The average Bonchev–Trinajstić information content (AvgIpc) is 2.24. The Bertz CT molecular complexity index is 413. The summed E-state index contributed by atoms with van der Waals surface area (Å²) in [6.45, 7) is 8.79. The molecule has 3 nitrogen and oxygen atoms in total. The summed E-state index contributed by atoms with van der Waals surface area (Å²) in [5.41, 5.74) is 0.855. The molecule has 0 saturated carbocycles. The lowest BCUT2D eigenvalue weighted by Crippen LogP contribution is -2.41. The molecule has 18 heavy (non-hydrogen) atoms. The highest BCUT2D eigenvalue weighted by atomic mass is 35.5. The van der Waals surface area contributed by atoms with E-state index in [9.17, 15) is 4.79 Å². The minimum absolute atomic E-state index is 0.0617. The second-order valence-corrected chi connectivity index (χ2v) is 5.96. The van der Waals surface area contributed by atoms with Crippen LogP contribution in [0.15, 0.2) is 24.3 Å². The quantitative estimate of drug-likeness (QED) is 0.880. The van der Waals surface area contributed by atoms with Gasteiger partial charge in [-0.25, -0.2) is 0 Å². The third kappa shape index (κ3) is 5.07. The highest BCUT2D eigenvalue weighted by Gasteiger charge is 2.19. The van der Waals surface area contributed by atoms with Gasteiger partial charge in [-0.15, -0.1) is 0 Å². The van der Waals surface area contributed by atoms with Crippen LogP contribution in [0.2, 0.25) is 5.02 Å². The maximum absolute atomic E-state index is 11.7. The van der Waals surface area contributed by atoms with E-state index in [0.29, 0.717) is 11.6 Å². The van der Waals surface area contributed by atoms with Gasteiger partial charge in [0.05, 0.1) is 6.54 Å². The monoisotopic (exact) mass is 268 g/mol. The molecule has 4 heteroatoms. The van der Waals surface area contributed by atoms with Crippen LogP contribution in [0.3, 0.4) is 0 Å². The molecule has 1 rings (SSSR count). The molecule has 1 unspecified atom stereocenters. The second-order valence-electron chi connectivity index (χ2n) is 5.53. The first kappa shape index (κ1) is 15.0. The minimum Gasteiger partial charge on any atom is -0.325 e. The molecular weight excluding hydrogens is 248 g/mol. The Morgan fingerprint density at radius 2 is 2.06 bits per heavy atom. The number of hydrogen-bond acceptors (Lipinski definition) is 2. The predicted octanol–water partition coefficient (Wildman–Crippen LogP) is 3.30. The van der Waals surface area contributed by atoms with Crippen LogP contribution in [0, 0.1) is 5.41 Å². The molecule has 0 bridgehead atoms. The summed E-state index contributed by atoms with van der Waals surface area (Å²) in [4.78, 5) is 11.7. The molecule has 0 radical (unpaired) electrons. The number of halogens is 1. The first-order chi connectivity index (χ1) is 8.29. The summed E-state index contributed by atoms with van der Waals surface area (Å²) in [6.07, 6.45) is 0. The lowest BCUT2D eigenvalue weighted by atomic mass is 9.88. The molecule has 0 aliphatic heterocycles. The number of carbonyl (C=O) groups is 1. The second kappa shape index (κ2) is 6.21. The van der Waals surface area contributed by atoms with Gasteiger partial charge in [0.1, 0.15) is 0 Å². The Labute approximate surface area is 114 Å². The van der Waals surface area contributed by atoms with E-state index in [4.69, 9.17) is 11.6 Å². The Balaban J connectivity index is 2.43. The Hall–Kier alpha value is -1.06. The molecule has 0 aliphatic rings. The van der Waals surface area contributed by atoms with E-state index in [2.05, 4.69) is 38.3 Å². The molecule has 0 aromatic heterocycles. The Morgan fingerprint density at radius 3 is 2.61 bits per heavy atom. The molecule has 100 valence electrons. The SMILES string of the molecule is CC(NCC(=O)Nc1cccc(Cl)c1)C(C)(C)C. The maximum Gasteiger partial charge on any atom is 0.238 e. The summed E-state index contributed by atoms with van der Waals surface area (Å²) < 4.78 is 0. The highest BCUT2D eigenvalue weighted by Crippen LogP contribution is 2.18. The Kier molecular flexibility index (Phi) is 5.17. The van der Waals surface area contributed by atoms with Gasteiger partial charge < -0.3 is 10.6 Å². The van der Waals surface area contributed by atoms with Crippen molar-refractivity contribution in [3.05, 3.63) is 29.3 Å². The maximum atomic E-state index is 11.7. The molecule has 0 spiro atoms. The van der Waals surface area contributed by atoms with Crippen molar-refractivity contribution in [1.29, 1.82) is 0 Å². The van der Waals surface area contributed by atoms with E-state index in [-0.39, 0.29) is 17.4 Å². The van der Waals surface area contributed by atoms with Crippen molar-refractivity contribution in [2.75, 3.05) is 11.9 Å². The van der Waals surface area contributed by atoms with E-state index in [0.717, 1.165) is 5.69 Å².